The van der Waals surface area contributed by atoms with Crippen LogP contribution in [0.4, 0.5) is 0 Å². The molecule has 0 aromatic carbocycles. The number of aliphatic carboxylic acids is 1. The van der Waals surface area contributed by atoms with Crippen LogP contribution in [0.2, 0.25) is 0 Å². The Kier molecular flexibility index (Phi) is 22.5. The molecule has 11 nitrogen and oxygen atoms in total. The number of ether oxygens (including phenoxy) is 7. The molecule has 0 rings (SSSR count). The molecule has 1 N–H and O–H groups in total. The summed E-state index contributed by atoms with van der Waals surface area (Å²) in [5.74, 6) is -1.48. The van der Waals surface area contributed by atoms with Crippen molar-refractivity contribution in [3.05, 3.63) is 0 Å². The van der Waals surface area contributed by atoms with Crippen molar-refractivity contribution < 1.29 is 52.6 Å². The molecular formula is C21H38O11. The Morgan fingerprint density at radius 3 is 1.41 bits per heavy atom. The SMILES string of the molecule is CCOC(=O)CCOCCOCCOCCOCCOCCOC(=O)CCCCC(=O)O. The predicted molar refractivity (Wildman–Crippen MR) is 112 cm³/mol. The van der Waals surface area contributed by atoms with Gasteiger partial charge in [0.25, 0.3) is 0 Å². The summed E-state index contributed by atoms with van der Waals surface area (Å²) in [5, 5.41) is 8.50. The van der Waals surface area contributed by atoms with Gasteiger partial charge in [0.2, 0.25) is 0 Å². The fourth-order valence-corrected chi connectivity index (χ4v) is 2.20. The normalized spacial score (nSPS) is 10.8. The molecule has 0 fully saturated rings. The third-order valence-electron chi connectivity index (χ3n) is 3.76. The van der Waals surface area contributed by atoms with E-state index >= 15 is 0 Å². The van der Waals surface area contributed by atoms with Gasteiger partial charge < -0.3 is 38.3 Å². The monoisotopic (exact) mass is 466 g/mol. The van der Waals surface area contributed by atoms with E-state index in [0.717, 1.165) is 0 Å². The van der Waals surface area contributed by atoms with Crippen LogP contribution in [0.15, 0.2) is 0 Å². The second kappa shape index (κ2) is 23.9. The number of esters is 2. The second-order valence-corrected chi connectivity index (χ2v) is 6.44. The van der Waals surface area contributed by atoms with E-state index in [0.29, 0.717) is 78.9 Å². The Morgan fingerprint density at radius 1 is 0.531 bits per heavy atom. The van der Waals surface area contributed by atoms with Crippen molar-refractivity contribution in [1.82, 2.24) is 0 Å². The quantitative estimate of drug-likeness (QED) is 0.162. The van der Waals surface area contributed by atoms with Crippen LogP contribution < -0.4 is 0 Å². The van der Waals surface area contributed by atoms with Crippen LogP contribution in [0.1, 0.15) is 39.0 Å². The largest absolute Gasteiger partial charge is 0.481 e. The first kappa shape index (κ1) is 30.2. The molecule has 0 aliphatic rings. The summed E-state index contributed by atoms with van der Waals surface area (Å²) in [7, 11) is 0. The standard InChI is InChI=1S/C21H38O11/c1-2-31-21(25)7-8-26-9-10-27-11-12-28-13-14-29-15-16-30-17-18-32-20(24)6-4-3-5-19(22)23/h2-18H2,1H3,(H,22,23). The molecule has 0 aliphatic heterocycles. The molecule has 0 heterocycles. The molecule has 188 valence electrons. The summed E-state index contributed by atoms with van der Waals surface area (Å²) >= 11 is 0. The molecule has 11 heteroatoms. The first-order valence-corrected chi connectivity index (χ1v) is 11.0. The van der Waals surface area contributed by atoms with Crippen LogP contribution >= 0.6 is 0 Å². The zero-order chi connectivity index (χ0) is 23.7. The average Bonchev–Trinajstić information content (AvgIpc) is 2.76. The lowest BCUT2D eigenvalue weighted by Crippen LogP contribution is -2.15. The van der Waals surface area contributed by atoms with E-state index in [4.69, 9.17) is 38.3 Å². The van der Waals surface area contributed by atoms with E-state index < -0.39 is 5.97 Å². The average molecular weight is 467 g/mol. The van der Waals surface area contributed by atoms with E-state index in [1.54, 1.807) is 6.92 Å². The Bertz CT molecular complexity index is 471. The summed E-state index contributed by atoms with van der Waals surface area (Å²) < 4.78 is 36.4. The number of hydrogen-bond acceptors (Lipinski definition) is 10. The van der Waals surface area contributed by atoms with Crippen LogP contribution in [0.25, 0.3) is 0 Å². The van der Waals surface area contributed by atoms with E-state index in [9.17, 15) is 14.4 Å². The molecule has 0 unspecified atom stereocenters. The highest BCUT2D eigenvalue weighted by molar-refractivity contribution is 5.70. The molecule has 0 bridgehead atoms. The maximum Gasteiger partial charge on any atom is 0.308 e. The Labute approximate surface area is 189 Å². The highest BCUT2D eigenvalue weighted by Gasteiger charge is 2.04. The smallest absolute Gasteiger partial charge is 0.308 e. The van der Waals surface area contributed by atoms with Crippen molar-refractivity contribution in [2.75, 3.05) is 79.3 Å². The molecule has 0 aromatic heterocycles. The Balaban J connectivity index is 3.15. The van der Waals surface area contributed by atoms with Crippen LogP contribution in [0.5, 0.6) is 0 Å². The molecule has 0 aromatic rings. The Morgan fingerprint density at radius 2 is 0.938 bits per heavy atom. The van der Waals surface area contributed by atoms with Crippen molar-refractivity contribution in [1.29, 1.82) is 0 Å². The fraction of sp³-hybridized carbons (Fsp3) is 0.857. The lowest BCUT2D eigenvalue weighted by molar-refractivity contribution is -0.146. The highest BCUT2D eigenvalue weighted by atomic mass is 16.6. The number of carboxylic acid groups (broad SMARTS) is 1. The van der Waals surface area contributed by atoms with Gasteiger partial charge in [0.05, 0.1) is 79.1 Å². The molecule has 0 amide bonds. The number of carbonyl (C=O) groups is 3. The second-order valence-electron chi connectivity index (χ2n) is 6.44. The van der Waals surface area contributed by atoms with Gasteiger partial charge in [-0.2, -0.15) is 0 Å². The van der Waals surface area contributed by atoms with Crippen molar-refractivity contribution in [2.45, 2.75) is 39.0 Å². The van der Waals surface area contributed by atoms with Crippen LogP contribution in [-0.4, -0.2) is 102 Å². The molecule has 0 radical (unpaired) electrons. The van der Waals surface area contributed by atoms with Gasteiger partial charge in [-0.15, -0.1) is 0 Å². The third kappa shape index (κ3) is 24.5. The number of hydrogen-bond donors (Lipinski definition) is 1. The zero-order valence-corrected chi connectivity index (χ0v) is 19.1. The lowest BCUT2D eigenvalue weighted by Gasteiger charge is -2.08. The molecular weight excluding hydrogens is 428 g/mol. The maximum atomic E-state index is 11.4. The first-order valence-electron chi connectivity index (χ1n) is 11.0. The molecule has 0 aliphatic carbocycles. The van der Waals surface area contributed by atoms with Gasteiger partial charge in [0.15, 0.2) is 0 Å². The third-order valence-corrected chi connectivity index (χ3v) is 3.76. The molecule has 32 heavy (non-hydrogen) atoms. The summed E-state index contributed by atoms with van der Waals surface area (Å²) in [6.07, 6.45) is 1.48. The van der Waals surface area contributed by atoms with Crippen LogP contribution in [-0.2, 0) is 47.5 Å². The van der Waals surface area contributed by atoms with Gasteiger partial charge in [-0.1, -0.05) is 0 Å². The highest BCUT2D eigenvalue weighted by Crippen LogP contribution is 2.01. The molecule has 0 saturated heterocycles. The molecule has 0 spiro atoms. The first-order chi connectivity index (χ1) is 15.6. The topological polar surface area (TPSA) is 136 Å². The molecule has 0 atom stereocenters. The minimum absolute atomic E-state index is 0.0611. The number of rotatable bonds is 24. The fourth-order valence-electron chi connectivity index (χ4n) is 2.20. The number of carbonyl (C=O) groups excluding carboxylic acids is 2. The van der Waals surface area contributed by atoms with Gasteiger partial charge in [-0.05, 0) is 19.8 Å². The van der Waals surface area contributed by atoms with E-state index in [1.807, 2.05) is 0 Å². The van der Waals surface area contributed by atoms with E-state index in [1.165, 1.54) is 0 Å². The van der Waals surface area contributed by atoms with Gasteiger partial charge in [-0.3, -0.25) is 14.4 Å². The minimum Gasteiger partial charge on any atom is -0.481 e. The summed E-state index contributed by atoms with van der Waals surface area (Å²) in [5.41, 5.74) is 0. The minimum atomic E-state index is -0.864. The van der Waals surface area contributed by atoms with Gasteiger partial charge in [0, 0.05) is 12.8 Å². The summed E-state index contributed by atoms with van der Waals surface area (Å²) in [4.78, 5) is 32.8. The van der Waals surface area contributed by atoms with Crippen LogP contribution in [0, 0.1) is 0 Å². The van der Waals surface area contributed by atoms with Crippen molar-refractivity contribution in [3.8, 4) is 0 Å². The summed E-state index contributed by atoms with van der Waals surface area (Å²) in [6.45, 7) is 6.31. The van der Waals surface area contributed by atoms with Gasteiger partial charge >= 0.3 is 17.9 Å². The van der Waals surface area contributed by atoms with Gasteiger partial charge in [-0.25, -0.2) is 0 Å². The van der Waals surface area contributed by atoms with Gasteiger partial charge in [0.1, 0.15) is 6.61 Å². The number of carboxylic acids is 1. The van der Waals surface area contributed by atoms with Crippen molar-refractivity contribution in [3.63, 3.8) is 0 Å². The summed E-state index contributed by atoms with van der Waals surface area (Å²) in [6, 6.07) is 0. The van der Waals surface area contributed by atoms with Crippen LogP contribution in [0.3, 0.4) is 0 Å². The maximum absolute atomic E-state index is 11.4. The van der Waals surface area contributed by atoms with Crippen molar-refractivity contribution >= 4 is 17.9 Å². The molecule has 0 saturated carbocycles. The van der Waals surface area contributed by atoms with Crippen molar-refractivity contribution in [2.24, 2.45) is 0 Å². The van der Waals surface area contributed by atoms with E-state index in [-0.39, 0.29) is 44.4 Å². The predicted octanol–water partition coefficient (Wildman–Crippen LogP) is 1.21. The Hall–Kier alpha value is -1.79. The lowest BCUT2D eigenvalue weighted by atomic mass is 10.2. The zero-order valence-electron chi connectivity index (χ0n) is 19.1. The number of unbranched alkanes of at least 4 members (excludes halogenated alkanes) is 1. The van der Waals surface area contributed by atoms with E-state index in [2.05, 4.69) is 0 Å².